The Morgan fingerprint density at radius 3 is 1.79 bits per heavy atom. The predicted molar refractivity (Wildman–Crippen MR) is 135 cm³/mol. The Morgan fingerprint density at radius 2 is 1.31 bits per heavy atom. The molecule has 1 aliphatic rings. The zero-order valence-corrected chi connectivity index (χ0v) is 20.9. The van der Waals surface area contributed by atoms with Crippen molar-refractivity contribution in [1.82, 2.24) is 10.2 Å². The molecule has 39 heavy (non-hydrogen) atoms. The third-order valence-corrected chi connectivity index (χ3v) is 6.47. The van der Waals surface area contributed by atoms with Gasteiger partial charge in [-0.25, -0.2) is 4.79 Å². The van der Waals surface area contributed by atoms with E-state index in [1.807, 2.05) is 5.32 Å². The van der Waals surface area contributed by atoms with Crippen LogP contribution in [0.25, 0.3) is 0 Å². The van der Waals surface area contributed by atoms with E-state index >= 15 is 0 Å². The number of hydrogen-bond donors (Lipinski definition) is 1. The summed E-state index contributed by atoms with van der Waals surface area (Å²) in [7, 11) is 0. The number of rotatable bonds is 9. The van der Waals surface area contributed by atoms with Crippen LogP contribution in [-0.4, -0.2) is 53.0 Å². The summed E-state index contributed by atoms with van der Waals surface area (Å²) in [6.45, 7) is 0.980. The van der Waals surface area contributed by atoms with Gasteiger partial charge in [0.2, 0.25) is 11.4 Å². The van der Waals surface area contributed by atoms with Crippen molar-refractivity contribution in [3.8, 4) is 0 Å². The van der Waals surface area contributed by atoms with E-state index < -0.39 is 47.9 Å². The molecule has 0 fully saturated rings. The van der Waals surface area contributed by atoms with Gasteiger partial charge in [0.1, 0.15) is 6.04 Å². The molecule has 7 nitrogen and oxygen atoms in total. The number of amides is 3. The van der Waals surface area contributed by atoms with Crippen molar-refractivity contribution in [2.75, 3.05) is 6.61 Å². The van der Waals surface area contributed by atoms with Crippen LogP contribution in [-0.2, 0) is 27.2 Å². The van der Waals surface area contributed by atoms with E-state index in [9.17, 15) is 32.3 Å². The molecule has 0 unspecified atom stereocenters. The maximum atomic E-state index is 14.8. The first kappa shape index (κ1) is 27.6. The lowest BCUT2D eigenvalue weighted by Gasteiger charge is -2.36. The minimum absolute atomic E-state index is 0.0325. The predicted octanol–water partition coefficient (Wildman–Crippen LogP) is 4.12. The van der Waals surface area contributed by atoms with E-state index in [1.165, 1.54) is 55.5 Å². The summed E-state index contributed by atoms with van der Waals surface area (Å²) in [5, 5.41) is 1.88. The zero-order chi connectivity index (χ0) is 28.2. The Labute approximate surface area is 222 Å². The third-order valence-electron chi connectivity index (χ3n) is 6.47. The van der Waals surface area contributed by atoms with Gasteiger partial charge in [-0.15, -0.1) is 0 Å². The summed E-state index contributed by atoms with van der Waals surface area (Å²) >= 11 is 0. The van der Waals surface area contributed by atoms with Gasteiger partial charge in [-0.2, -0.15) is 13.2 Å². The lowest BCUT2D eigenvalue weighted by molar-refractivity contribution is -0.214. The van der Waals surface area contributed by atoms with Crippen LogP contribution in [0.2, 0.25) is 0 Å². The van der Waals surface area contributed by atoms with Gasteiger partial charge in [0.05, 0.1) is 17.7 Å². The molecule has 202 valence electrons. The van der Waals surface area contributed by atoms with Gasteiger partial charge in [-0.3, -0.25) is 19.3 Å². The highest BCUT2D eigenvalue weighted by Gasteiger charge is 2.63. The molecule has 0 spiro atoms. The second-order valence-corrected chi connectivity index (χ2v) is 9.01. The van der Waals surface area contributed by atoms with E-state index in [4.69, 9.17) is 4.74 Å². The SMILES string of the molecule is CCOC(=O)[C@@](Cc1ccccc1)(NC(=O)[C@H](Cc1ccccc1)N1C(=O)c2ccccc2C1=O)C(F)(F)F. The standard InChI is InChI=1S/C29H25F3N2O5/c1-2-39-27(38)28(29(30,31)32,18-20-13-7-4-8-14-20)33-24(35)23(17-19-11-5-3-6-12-19)34-25(36)21-15-9-10-16-22(21)26(34)37/h3-16,23H,2,17-18H2,1H3,(H,33,35)/t23-,28+/m0/s1. The Kier molecular flexibility index (Phi) is 7.85. The second-order valence-electron chi connectivity index (χ2n) is 9.01. The van der Waals surface area contributed by atoms with Gasteiger partial charge in [-0.1, -0.05) is 72.8 Å². The monoisotopic (exact) mass is 538 g/mol. The minimum Gasteiger partial charge on any atom is -0.464 e. The lowest BCUT2D eigenvalue weighted by atomic mass is 9.88. The van der Waals surface area contributed by atoms with E-state index in [0.29, 0.717) is 10.5 Å². The molecule has 3 amide bonds. The first-order chi connectivity index (χ1) is 18.6. The topological polar surface area (TPSA) is 92.8 Å². The van der Waals surface area contributed by atoms with Crippen molar-refractivity contribution in [2.45, 2.75) is 37.5 Å². The van der Waals surface area contributed by atoms with E-state index in [2.05, 4.69) is 0 Å². The highest BCUT2D eigenvalue weighted by Crippen LogP contribution is 2.36. The first-order valence-electron chi connectivity index (χ1n) is 12.2. The second kappa shape index (κ2) is 11.1. The van der Waals surface area contributed by atoms with E-state index in [0.717, 1.165) is 0 Å². The van der Waals surface area contributed by atoms with Crippen LogP contribution < -0.4 is 5.32 Å². The molecule has 2 atom stereocenters. The number of carbonyl (C=O) groups is 4. The average molecular weight is 539 g/mol. The Balaban J connectivity index is 1.79. The maximum absolute atomic E-state index is 14.8. The quantitative estimate of drug-likeness (QED) is 0.327. The molecule has 0 saturated heterocycles. The van der Waals surface area contributed by atoms with Gasteiger partial charge >= 0.3 is 12.1 Å². The number of benzene rings is 3. The number of halogens is 3. The van der Waals surface area contributed by atoms with E-state index in [1.54, 1.807) is 36.4 Å². The number of esters is 1. The summed E-state index contributed by atoms with van der Waals surface area (Å²) in [6.07, 6.45) is -6.52. The number of imide groups is 1. The number of nitrogens with zero attached hydrogens (tertiary/aromatic N) is 1. The number of hydrogen-bond acceptors (Lipinski definition) is 5. The Bertz CT molecular complexity index is 1340. The van der Waals surface area contributed by atoms with Gasteiger partial charge in [0.15, 0.2) is 0 Å². The molecule has 0 aromatic heterocycles. The van der Waals surface area contributed by atoms with Crippen molar-refractivity contribution < 1.29 is 37.1 Å². The van der Waals surface area contributed by atoms with Crippen LogP contribution in [0.5, 0.6) is 0 Å². The van der Waals surface area contributed by atoms with Gasteiger partial charge in [0.25, 0.3) is 11.8 Å². The molecule has 1 heterocycles. The van der Waals surface area contributed by atoms with Crippen molar-refractivity contribution in [3.63, 3.8) is 0 Å². The number of alkyl halides is 3. The van der Waals surface area contributed by atoms with Crippen molar-refractivity contribution in [2.24, 2.45) is 0 Å². The number of carbonyl (C=O) groups excluding carboxylic acids is 4. The summed E-state index contributed by atoms with van der Waals surface area (Å²) in [4.78, 5) is 53.9. The molecule has 0 radical (unpaired) electrons. The fourth-order valence-electron chi connectivity index (χ4n) is 4.53. The van der Waals surface area contributed by atoms with Crippen LogP contribution in [0.1, 0.15) is 38.8 Å². The van der Waals surface area contributed by atoms with Crippen molar-refractivity contribution in [1.29, 1.82) is 0 Å². The first-order valence-corrected chi connectivity index (χ1v) is 12.2. The van der Waals surface area contributed by atoms with Crippen LogP contribution in [0.4, 0.5) is 13.2 Å². The molecule has 4 rings (SSSR count). The fraction of sp³-hybridized carbons (Fsp3) is 0.241. The number of fused-ring (bicyclic) bond motifs is 1. The van der Waals surface area contributed by atoms with Crippen molar-refractivity contribution >= 4 is 23.7 Å². The van der Waals surface area contributed by atoms with Gasteiger partial charge in [0, 0.05) is 12.8 Å². The Morgan fingerprint density at radius 1 is 0.821 bits per heavy atom. The lowest BCUT2D eigenvalue weighted by Crippen LogP contribution is -2.68. The maximum Gasteiger partial charge on any atom is 0.422 e. The largest absolute Gasteiger partial charge is 0.464 e. The third kappa shape index (κ3) is 5.41. The van der Waals surface area contributed by atoms with Gasteiger partial charge < -0.3 is 10.1 Å². The number of nitrogens with one attached hydrogen (secondary N) is 1. The smallest absolute Gasteiger partial charge is 0.422 e. The molecule has 0 aliphatic carbocycles. The highest BCUT2D eigenvalue weighted by atomic mass is 19.4. The summed E-state index contributed by atoms with van der Waals surface area (Å²) in [5.41, 5.74) is -2.81. The fourth-order valence-corrected chi connectivity index (χ4v) is 4.53. The van der Waals surface area contributed by atoms with Crippen LogP contribution >= 0.6 is 0 Å². The normalized spacial score (nSPS) is 15.3. The minimum atomic E-state index is -5.29. The average Bonchev–Trinajstić information content (AvgIpc) is 3.17. The highest BCUT2D eigenvalue weighted by molar-refractivity contribution is 6.23. The van der Waals surface area contributed by atoms with Crippen LogP contribution in [0.3, 0.4) is 0 Å². The number of ether oxygens (including phenoxy) is 1. The molecule has 3 aromatic rings. The molecule has 10 heteroatoms. The molecule has 3 aromatic carbocycles. The molecule has 0 saturated carbocycles. The van der Waals surface area contributed by atoms with Crippen LogP contribution in [0.15, 0.2) is 84.9 Å². The van der Waals surface area contributed by atoms with E-state index in [-0.39, 0.29) is 29.7 Å². The Hall–Kier alpha value is -4.47. The van der Waals surface area contributed by atoms with Crippen LogP contribution in [0, 0.1) is 0 Å². The summed E-state index contributed by atoms with van der Waals surface area (Å²) in [6, 6.07) is 19.8. The van der Waals surface area contributed by atoms with Crippen molar-refractivity contribution in [3.05, 3.63) is 107 Å². The molecule has 1 aliphatic heterocycles. The molecule has 0 bridgehead atoms. The summed E-state index contributed by atoms with van der Waals surface area (Å²) < 4.78 is 49.1. The molecular weight excluding hydrogens is 513 g/mol. The zero-order valence-electron chi connectivity index (χ0n) is 20.9. The van der Waals surface area contributed by atoms with Gasteiger partial charge in [-0.05, 0) is 30.2 Å². The molecular formula is C29H25F3N2O5. The molecule has 1 N–H and O–H groups in total. The summed E-state index contributed by atoms with van der Waals surface area (Å²) in [5.74, 6) is -4.66.